The quantitative estimate of drug-likeness (QED) is 0.401. The van der Waals surface area contributed by atoms with Crippen molar-refractivity contribution in [3.8, 4) is 0 Å². The van der Waals surface area contributed by atoms with Crippen LogP contribution in [-0.4, -0.2) is 13.3 Å². The molecule has 0 bridgehead atoms. The van der Waals surface area contributed by atoms with E-state index in [1.54, 1.807) is 0 Å². The number of rotatable bonds is 4. The average molecular weight is 123 g/mol. The normalized spacial score (nSPS) is 11.0. The molecule has 0 N–H and O–H groups in total. The van der Waals surface area contributed by atoms with E-state index in [4.69, 9.17) is 0 Å². The smallest absolute Gasteiger partial charge is 0.0629 e. The van der Waals surface area contributed by atoms with Gasteiger partial charge >= 0.3 is 0 Å². The van der Waals surface area contributed by atoms with E-state index in [0.29, 0.717) is 6.54 Å². The highest BCUT2D eigenvalue weighted by Gasteiger charge is 1.83. The number of hydrogen-bond donors (Lipinski definition) is 0. The third-order valence-electron chi connectivity index (χ3n) is 1.02. The molecule has 0 heterocycles. The van der Waals surface area contributed by atoms with Gasteiger partial charge in [-0.15, -0.1) is 0 Å². The molecule has 0 spiro atoms. The van der Waals surface area contributed by atoms with Crippen LogP contribution in [0.25, 0.3) is 0 Å². The van der Waals surface area contributed by atoms with E-state index in [1.165, 1.54) is 0 Å². The topological polar surface area (TPSA) is 12.4 Å². The Morgan fingerprint density at radius 1 is 1.67 bits per heavy atom. The third kappa shape index (κ3) is 3.71. The lowest BCUT2D eigenvalue weighted by Gasteiger charge is -1.92. The summed E-state index contributed by atoms with van der Waals surface area (Å²) in [5, 5.41) is 0. The first kappa shape index (κ1) is 8.15. The molecule has 50 valence electrons. The summed E-state index contributed by atoms with van der Waals surface area (Å²) in [6.45, 7) is 9.82. The first-order valence-corrected chi connectivity index (χ1v) is 3.09. The Kier molecular flexibility index (Phi) is 4.79. The largest absolute Gasteiger partial charge is 0.296 e. The molecule has 0 atom stereocenters. The van der Waals surface area contributed by atoms with Crippen molar-refractivity contribution in [3.63, 3.8) is 0 Å². The van der Waals surface area contributed by atoms with E-state index in [9.17, 15) is 0 Å². The molecule has 0 amide bonds. The highest BCUT2D eigenvalue weighted by Crippen LogP contribution is 1.96. The molecule has 1 nitrogen and oxygen atoms in total. The first-order chi connectivity index (χ1) is 4.35. The van der Waals surface area contributed by atoms with Crippen LogP contribution in [0.1, 0.15) is 13.3 Å². The Balaban J connectivity index is 3.80. The van der Waals surface area contributed by atoms with Gasteiger partial charge in [-0.25, -0.2) is 0 Å². The Morgan fingerprint density at radius 2 is 2.33 bits per heavy atom. The number of aliphatic imine (C=N–C) groups is 1. The van der Waals surface area contributed by atoms with Gasteiger partial charge in [-0.3, -0.25) is 4.99 Å². The molecule has 0 aromatic rings. The van der Waals surface area contributed by atoms with Crippen molar-refractivity contribution in [1.82, 2.24) is 0 Å². The van der Waals surface area contributed by atoms with E-state index in [-0.39, 0.29) is 0 Å². The number of allylic oxidation sites excluding steroid dienone is 1. The van der Waals surface area contributed by atoms with Gasteiger partial charge in [0, 0.05) is 0 Å². The molecule has 0 aliphatic rings. The van der Waals surface area contributed by atoms with Crippen LogP contribution >= 0.6 is 0 Å². The molecule has 0 fully saturated rings. The van der Waals surface area contributed by atoms with Crippen LogP contribution in [0.3, 0.4) is 0 Å². The SMILES string of the molecule is C=C/C(=C\CC)CN=C. The summed E-state index contributed by atoms with van der Waals surface area (Å²) in [5.41, 5.74) is 1.16. The molecule has 0 aliphatic carbocycles. The lowest BCUT2D eigenvalue weighted by molar-refractivity contribution is 1.13. The van der Waals surface area contributed by atoms with Crippen molar-refractivity contribution >= 4 is 6.72 Å². The standard InChI is InChI=1S/C8H13N/c1-4-6-8(5-2)7-9-3/h5-6H,2-4,7H2,1H3/b8-6+. The van der Waals surface area contributed by atoms with Gasteiger partial charge < -0.3 is 0 Å². The van der Waals surface area contributed by atoms with Gasteiger partial charge in [0.2, 0.25) is 0 Å². The maximum absolute atomic E-state index is 3.74. The fourth-order valence-corrected chi connectivity index (χ4v) is 0.604. The lowest BCUT2D eigenvalue weighted by atomic mass is 10.2. The van der Waals surface area contributed by atoms with E-state index in [1.807, 2.05) is 6.08 Å². The summed E-state index contributed by atoms with van der Waals surface area (Å²) < 4.78 is 0. The summed E-state index contributed by atoms with van der Waals surface area (Å²) in [6.07, 6.45) is 4.96. The molecule has 0 radical (unpaired) electrons. The molecule has 0 aromatic heterocycles. The van der Waals surface area contributed by atoms with Gasteiger partial charge in [0.1, 0.15) is 0 Å². The number of hydrogen-bond acceptors (Lipinski definition) is 1. The van der Waals surface area contributed by atoms with Crippen LogP contribution < -0.4 is 0 Å². The minimum absolute atomic E-state index is 0.692. The second-order valence-electron chi connectivity index (χ2n) is 1.77. The predicted molar refractivity (Wildman–Crippen MR) is 43.0 cm³/mol. The Labute approximate surface area is 56.8 Å². The Morgan fingerprint density at radius 3 is 2.67 bits per heavy atom. The Bertz CT molecular complexity index is 123. The molecule has 0 rings (SSSR count). The van der Waals surface area contributed by atoms with Crippen molar-refractivity contribution in [3.05, 3.63) is 24.3 Å². The molecular formula is C8H13N. The van der Waals surface area contributed by atoms with Crippen LogP contribution in [0.5, 0.6) is 0 Å². The van der Waals surface area contributed by atoms with Crippen LogP contribution in [0.4, 0.5) is 0 Å². The van der Waals surface area contributed by atoms with Crippen LogP contribution in [0, 0.1) is 0 Å². The minimum atomic E-state index is 0.692. The molecule has 0 unspecified atom stereocenters. The van der Waals surface area contributed by atoms with Crippen molar-refractivity contribution in [2.24, 2.45) is 4.99 Å². The fraction of sp³-hybridized carbons (Fsp3) is 0.375. The number of nitrogens with zero attached hydrogens (tertiary/aromatic N) is 1. The predicted octanol–water partition coefficient (Wildman–Crippen LogP) is 2.21. The zero-order valence-corrected chi connectivity index (χ0v) is 5.93. The van der Waals surface area contributed by atoms with Crippen LogP contribution in [0.15, 0.2) is 29.3 Å². The minimum Gasteiger partial charge on any atom is -0.296 e. The van der Waals surface area contributed by atoms with Crippen molar-refractivity contribution in [2.45, 2.75) is 13.3 Å². The van der Waals surface area contributed by atoms with Gasteiger partial charge in [-0.2, -0.15) is 0 Å². The van der Waals surface area contributed by atoms with Gasteiger partial charge in [0.25, 0.3) is 0 Å². The van der Waals surface area contributed by atoms with Crippen LogP contribution in [-0.2, 0) is 0 Å². The monoisotopic (exact) mass is 123 g/mol. The molecular weight excluding hydrogens is 110 g/mol. The summed E-state index contributed by atoms with van der Waals surface area (Å²) in [7, 11) is 0. The second kappa shape index (κ2) is 5.29. The van der Waals surface area contributed by atoms with Gasteiger partial charge in [0.05, 0.1) is 6.54 Å². The molecule has 0 saturated heterocycles. The zero-order valence-electron chi connectivity index (χ0n) is 5.93. The van der Waals surface area contributed by atoms with Gasteiger partial charge in [-0.1, -0.05) is 25.7 Å². The Hall–Kier alpha value is -0.850. The van der Waals surface area contributed by atoms with Crippen LogP contribution in [0.2, 0.25) is 0 Å². The molecule has 0 saturated carbocycles. The van der Waals surface area contributed by atoms with Gasteiger partial charge in [0.15, 0.2) is 0 Å². The summed E-state index contributed by atoms with van der Waals surface area (Å²) in [6, 6.07) is 0. The van der Waals surface area contributed by atoms with Gasteiger partial charge in [-0.05, 0) is 18.7 Å². The van der Waals surface area contributed by atoms with E-state index in [0.717, 1.165) is 12.0 Å². The molecule has 1 heteroatoms. The summed E-state index contributed by atoms with van der Waals surface area (Å²) in [5.74, 6) is 0. The van der Waals surface area contributed by atoms with Crippen molar-refractivity contribution in [1.29, 1.82) is 0 Å². The maximum atomic E-state index is 3.74. The third-order valence-corrected chi connectivity index (χ3v) is 1.02. The fourth-order valence-electron chi connectivity index (χ4n) is 0.604. The van der Waals surface area contributed by atoms with E-state index >= 15 is 0 Å². The summed E-state index contributed by atoms with van der Waals surface area (Å²) >= 11 is 0. The van der Waals surface area contributed by atoms with E-state index < -0.39 is 0 Å². The first-order valence-electron chi connectivity index (χ1n) is 3.09. The highest BCUT2D eigenvalue weighted by atomic mass is 14.7. The summed E-state index contributed by atoms with van der Waals surface area (Å²) in [4.78, 5) is 3.74. The lowest BCUT2D eigenvalue weighted by Crippen LogP contribution is -1.81. The average Bonchev–Trinajstić information content (AvgIpc) is 1.88. The van der Waals surface area contributed by atoms with Crippen molar-refractivity contribution < 1.29 is 0 Å². The second-order valence-corrected chi connectivity index (χ2v) is 1.77. The molecule has 9 heavy (non-hydrogen) atoms. The van der Waals surface area contributed by atoms with Crippen molar-refractivity contribution in [2.75, 3.05) is 6.54 Å². The maximum Gasteiger partial charge on any atom is 0.0629 e. The highest BCUT2D eigenvalue weighted by molar-refractivity contribution is 5.27. The van der Waals surface area contributed by atoms with E-state index in [2.05, 4.69) is 31.3 Å². The molecule has 0 aromatic carbocycles. The molecule has 0 aliphatic heterocycles. The zero-order chi connectivity index (χ0) is 7.11.